The van der Waals surface area contributed by atoms with Gasteiger partial charge in [0.2, 0.25) is 5.95 Å². The molecule has 0 saturated carbocycles. The van der Waals surface area contributed by atoms with E-state index in [0.717, 1.165) is 0 Å². The van der Waals surface area contributed by atoms with Crippen molar-refractivity contribution in [2.45, 2.75) is 0 Å². The summed E-state index contributed by atoms with van der Waals surface area (Å²) in [6.45, 7) is -0.176. The van der Waals surface area contributed by atoms with Gasteiger partial charge >= 0.3 is 5.97 Å². The number of nitrogen functional groups attached to an aromatic ring is 1. The molecular weight excluding hydrogens is 212 g/mol. The van der Waals surface area contributed by atoms with Crippen LogP contribution in [0.15, 0.2) is 6.33 Å². The first-order chi connectivity index (χ1) is 7.58. The SMILES string of the molecule is CN(CC(=O)O)c1nc(N)nc2nc[nH]c12. The van der Waals surface area contributed by atoms with Gasteiger partial charge in [-0.2, -0.15) is 9.97 Å². The number of carboxylic acids is 1. The Morgan fingerprint density at radius 1 is 1.62 bits per heavy atom. The topological polar surface area (TPSA) is 121 Å². The van der Waals surface area contributed by atoms with E-state index in [9.17, 15) is 4.79 Å². The average Bonchev–Trinajstić information content (AvgIpc) is 2.62. The minimum Gasteiger partial charge on any atom is -0.480 e. The molecule has 4 N–H and O–H groups in total. The monoisotopic (exact) mass is 222 g/mol. The van der Waals surface area contributed by atoms with Crippen LogP contribution in [0.2, 0.25) is 0 Å². The van der Waals surface area contributed by atoms with E-state index in [1.54, 1.807) is 7.05 Å². The zero-order chi connectivity index (χ0) is 11.7. The number of hydrogen-bond acceptors (Lipinski definition) is 6. The van der Waals surface area contributed by atoms with Gasteiger partial charge in [-0.25, -0.2) is 4.98 Å². The number of aromatic amines is 1. The van der Waals surface area contributed by atoms with E-state index in [1.165, 1.54) is 11.2 Å². The summed E-state index contributed by atoms with van der Waals surface area (Å²) in [5, 5.41) is 8.70. The van der Waals surface area contributed by atoms with Crippen LogP contribution in [0.25, 0.3) is 11.2 Å². The second-order valence-corrected chi connectivity index (χ2v) is 3.26. The predicted molar refractivity (Wildman–Crippen MR) is 57.0 cm³/mol. The molecule has 84 valence electrons. The molecule has 8 heteroatoms. The first kappa shape index (κ1) is 10.1. The van der Waals surface area contributed by atoms with Crippen molar-refractivity contribution >= 4 is 28.9 Å². The quantitative estimate of drug-likeness (QED) is 0.637. The van der Waals surface area contributed by atoms with Gasteiger partial charge in [0.1, 0.15) is 12.1 Å². The predicted octanol–water partition coefficient (Wildman–Crippen LogP) is -0.544. The van der Waals surface area contributed by atoms with E-state index < -0.39 is 5.97 Å². The van der Waals surface area contributed by atoms with E-state index in [2.05, 4.69) is 19.9 Å². The van der Waals surface area contributed by atoms with Gasteiger partial charge in [0, 0.05) is 7.05 Å². The van der Waals surface area contributed by atoms with Gasteiger partial charge < -0.3 is 20.7 Å². The number of nitrogens with two attached hydrogens (primary N) is 1. The number of imidazole rings is 1. The zero-order valence-electron chi connectivity index (χ0n) is 8.51. The molecule has 0 fully saturated rings. The maximum Gasteiger partial charge on any atom is 0.323 e. The first-order valence-corrected chi connectivity index (χ1v) is 4.47. The fourth-order valence-corrected chi connectivity index (χ4v) is 1.39. The Kier molecular flexibility index (Phi) is 2.31. The highest BCUT2D eigenvalue weighted by Gasteiger charge is 2.14. The maximum atomic E-state index is 10.6. The van der Waals surface area contributed by atoms with Crippen molar-refractivity contribution in [1.82, 2.24) is 19.9 Å². The number of carbonyl (C=O) groups is 1. The van der Waals surface area contributed by atoms with Gasteiger partial charge in [0.15, 0.2) is 11.5 Å². The van der Waals surface area contributed by atoms with Crippen LogP contribution in [0.5, 0.6) is 0 Å². The summed E-state index contributed by atoms with van der Waals surface area (Å²) in [6.07, 6.45) is 1.46. The molecule has 0 saturated heterocycles. The highest BCUT2D eigenvalue weighted by molar-refractivity contribution is 5.86. The third kappa shape index (κ3) is 1.72. The van der Waals surface area contributed by atoms with Gasteiger partial charge in [0.25, 0.3) is 0 Å². The lowest BCUT2D eigenvalue weighted by molar-refractivity contribution is -0.135. The van der Waals surface area contributed by atoms with Crippen LogP contribution in [0.3, 0.4) is 0 Å². The number of aliphatic carboxylic acids is 1. The summed E-state index contributed by atoms with van der Waals surface area (Å²) < 4.78 is 0. The molecule has 2 heterocycles. The maximum absolute atomic E-state index is 10.6. The summed E-state index contributed by atoms with van der Waals surface area (Å²) >= 11 is 0. The molecule has 0 bridgehead atoms. The van der Waals surface area contributed by atoms with Crippen LogP contribution in [0.1, 0.15) is 0 Å². The standard InChI is InChI=1S/C8H10N6O2/c1-14(2-4(15)16)7-5-6(11-3-10-5)12-8(9)13-7/h3H,2H2,1H3,(H,15,16)(H3,9,10,11,12,13). The molecule has 0 radical (unpaired) electrons. The summed E-state index contributed by atoms with van der Waals surface area (Å²) in [5.41, 5.74) is 6.49. The molecule has 16 heavy (non-hydrogen) atoms. The number of H-pyrrole nitrogens is 1. The van der Waals surface area contributed by atoms with Crippen LogP contribution in [-0.2, 0) is 4.79 Å². The minimum absolute atomic E-state index is 0.0619. The van der Waals surface area contributed by atoms with Crippen LogP contribution in [-0.4, -0.2) is 44.6 Å². The Labute approximate surface area is 90.1 Å². The fraction of sp³-hybridized carbons (Fsp3) is 0.250. The van der Waals surface area contributed by atoms with Gasteiger partial charge in [-0.15, -0.1) is 0 Å². The molecule has 0 aliphatic heterocycles. The lowest BCUT2D eigenvalue weighted by Gasteiger charge is -2.15. The lowest BCUT2D eigenvalue weighted by Crippen LogP contribution is -2.26. The molecule has 2 aromatic rings. The number of aromatic nitrogens is 4. The largest absolute Gasteiger partial charge is 0.480 e. The number of fused-ring (bicyclic) bond motifs is 1. The van der Waals surface area contributed by atoms with Gasteiger partial charge in [-0.3, -0.25) is 4.79 Å². The second-order valence-electron chi connectivity index (χ2n) is 3.26. The molecule has 0 unspecified atom stereocenters. The molecule has 0 spiro atoms. The van der Waals surface area contributed by atoms with E-state index in [0.29, 0.717) is 17.0 Å². The number of hydrogen-bond donors (Lipinski definition) is 3. The highest BCUT2D eigenvalue weighted by Crippen LogP contribution is 2.20. The number of anilines is 2. The average molecular weight is 222 g/mol. The molecule has 2 aromatic heterocycles. The van der Waals surface area contributed by atoms with Gasteiger partial charge in [-0.05, 0) is 0 Å². The second kappa shape index (κ2) is 3.65. The molecule has 0 aliphatic carbocycles. The van der Waals surface area contributed by atoms with Crippen molar-refractivity contribution in [2.75, 3.05) is 24.2 Å². The summed E-state index contributed by atoms with van der Waals surface area (Å²) in [7, 11) is 1.61. The zero-order valence-corrected chi connectivity index (χ0v) is 8.51. The Morgan fingerprint density at radius 3 is 3.06 bits per heavy atom. The van der Waals surface area contributed by atoms with Crippen molar-refractivity contribution in [3.8, 4) is 0 Å². The van der Waals surface area contributed by atoms with Crippen LogP contribution >= 0.6 is 0 Å². The molecule has 0 amide bonds. The van der Waals surface area contributed by atoms with Crippen molar-refractivity contribution in [2.24, 2.45) is 0 Å². The highest BCUT2D eigenvalue weighted by atomic mass is 16.4. The third-order valence-corrected chi connectivity index (χ3v) is 2.02. The Bertz CT molecular complexity index is 536. The molecule has 0 atom stereocenters. The van der Waals surface area contributed by atoms with E-state index in [-0.39, 0.29) is 12.5 Å². The molecule has 2 rings (SSSR count). The number of carboxylic acid groups (broad SMARTS) is 1. The van der Waals surface area contributed by atoms with E-state index in [1.807, 2.05) is 0 Å². The van der Waals surface area contributed by atoms with Gasteiger partial charge in [-0.1, -0.05) is 0 Å². The van der Waals surface area contributed by atoms with Crippen LogP contribution in [0.4, 0.5) is 11.8 Å². The minimum atomic E-state index is -0.952. The number of likely N-dealkylation sites (N-methyl/N-ethyl adjacent to an activating group) is 1. The van der Waals surface area contributed by atoms with Crippen molar-refractivity contribution in [3.05, 3.63) is 6.33 Å². The molecular formula is C8H10N6O2. The summed E-state index contributed by atoms with van der Waals surface area (Å²) in [4.78, 5) is 26.7. The van der Waals surface area contributed by atoms with Crippen LogP contribution in [0, 0.1) is 0 Å². The van der Waals surface area contributed by atoms with Crippen LogP contribution < -0.4 is 10.6 Å². The van der Waals surface area contributed by atoms with E-state index >= 15 is 0 Å². The van der Waals surface area contributed by atoms with Crippen molar-refractivity contribution < 1.29 is 9.90 Å². The molecule has 8 nitrogen and oxygen atoms in total. The smallest absolute Gasteiger partial charge is 0.323 e. The lowest BCUT2D eigenvalue weighted by atomic mass is 10.4. The van der Waals surface area contributed by atoms with Gasteiger partial charge in [0.05, 0.1) is 6.33 Å². The number of rotatable bonds is 3. The molecule has 0 aliphatic rings. The Hall–Kier alpha value is -2.38. The molecule has 0 aromatic carbocycles. The summed E-state index contributed by atoms with van der Waals surface area (Å²) in [5.74, 6) is -0.471. The van der Waals surface area contributed by atoms with Crippen molar-refractivity contribution in [3.63, 3.8) is 0 Å². The Balaban J connectivity index is 2.49. The Morgan fingerprint density at radius 2 is 2.38 bits per heavy atom. The third-order valence-electron chi connectivity index (χ3n) is 2.02. The normalized spacial score (nSPS) is 10.6. The fourth-order valence-electron chi connectivity index (χ4n) is 1.39. The van der Waals surface area contributed by atoms with E-state index in [4.69, 9.17) is 10.8 Å². The summed E-state index contributed by atoms with van der Waals surface area (Å²) in [6, 6.07) is 0. The number of nitrogens with zero attached hydrogens (tertiary/aromatic N) is 4. The number of nitrogens with one attached hydrogen (secondary N) is 1. The van der Waals surface area contributed by atoms with Crippen molar-refractivity contribution in [1.29, 1.82) is 0 Å². The first-order valence-electron chi connectivity index (χ1n) is 4.47.